The van der Waals surface area contributed by atoms with E-state index < -0.39 is 34.9 Å². The fraction of sp³-hybridized carbons (Fsp3) is 0.467. The van der Waals surface area contributed by atoms with Crippen LogP contribution >= 0.6 is 11.8 Å². The van der Waals surface area contributed by atoms with Crippen molar-refractivity contribution in [2.45, 2.75) is 18.3 Å². The maximum Gasteiger partial charge on any atom is 0.387 e. The highest BCUT2D eigenvalue weighted by atomic mass is 32.2. The largest absolute Gasteiger partial charge is 0.455 e. The molecule has 1 N–H and O–H groups in total. The van der Waals surface area contributed by atoms with E-state index in [2.05, 4.69) is 10.1 Å². The molecule has 1 atom stereocenters. The van der Waals surface area contributed by atoms with Gasteiger partial charge >= 0.3 is 12.6 Å². The molecule has 1 heterocycles. The molecule has 0 aliphatic carbocycles. The predicted molar refractivity (Wildman–Crippen MR) is 92.2 cm³/mol. The van der Waals surface area contributed by atoms with E-state index in [-0.39, 0.29) is 28.3 Å². The van der Waals surface area contributed by atoms with Gasteiger partial charge in [-0.15, -0.1) is 11.8 Å². The van der Waals surface area contributed by atoms with Crippen LogP contribution in [0.5, 0.6) is 5.75 Å². The third-order valence-corrected chi connectivity index (χ3v) is 6.61. The zero-order valence-electron chi connectivity index (χ0n) is 13.5. The van der Waals surface area contributed by atoms with Crippen molar-refractivity contribution in [2.24, 2.45) is 0 Å². The van der Waals surface area contributed by atoms with Crippen LogP contribution in [0, 0.1) is 0 Å². The fourth-order valence-corrected chi connectivity index (χ4v) is 5.62. The van der Waals surface area contributed by atoms with Crippen molar-refractivity contribution in [1.29, 1.82) is 0 Å². The van der Waals surface area contributed by atoms with Gasteiger partial charge in [0, 0.05) is 10.9 Å². The van der Waals surface area contributed by atoms with E-state index in [9.17, 15) is 26.8 Å². The molecule has 1 fully saturated rings. The van der Waals surface area contributed by atoms with E-state index in [0.29, 0.717) is 12.1 Å². The molecule has 1 aliphatic rings. The molecular weight excluding hydrogens is 392 g/mol. The Morgan fingerprint density at radius 2 is 1.96 bits per heavy atom. The molecule has 1 amide bonds. The molecule has 0 spiro atoms. The number of carbonyl (C=O) groups is 2. The lowest BCUT2D eigenvalue weighted by Crippen LogP contribution is -2.22. The summed E-state index contributed by atoms with van der Waals surface area (Å²) in [5.41, 5.74) is 0.332. The summed E-state index contributed by atoms with van der Waals surface area (Å²) in [4.78, 5) is 23.3. The van der Waals surface area contributed by atoms with Gasteiger partial charge in [0.05, 0.1) is 17.3 Å². The summed E-state index contributed by atoms with van der Waals surface area (Å²) in [5, 5.41) is 2.31. The van der Waals surface area contributed by atoms with Crippen LogP contribution in [-0.2, 0) is 24.2 Å². The van der Waals surface area contributed by atoms with Crippen molar-refractivity contribution in [1.82, 2.24) is 0 Å². The van der Waals surface area contributed by atoms with Crippen LogP contribution in [0.2, 0.25) is 0 Å². The average molecular weight is 409 g/mol. The number of carbonyl (C=O) groups excluding carboxylic acids is 2. The molecule has 1 aliphatic heterocycles. The SMILES string of the molecule is O=C(COC(=O)CS[C@H]1CCS(=O)(=O)C1)Nc1ccc(OC(F)F)cc1. The Bertz CT molecular complexity index is 739. The van der Waals surface area contributed by atoms with Crippen LogP contribution in [0.25, 0.3) is 0 Å². The van der Waals surface area contributed by atoms with Gasteiger partial charge in [-0.05, 0) is 30.7 Å². The minimum Gasteiger partial charge on any atom is -0.455 e. The molecule has 26 heavy (non-hydrogen) atoms. The van der Waals surface area contributed by atoms with E-state index in [1.54, 1.807) is 0 Å². The Morgan fingerprint density at radius 1 is 1.27 bits per heavy atom. The Labute approximate surface area is 153 Å². The Balaban J connectivity index is 1.67. The van der Waals surface area contributed by atoms with Crippen molar-refractivity contribution in [3.05, 3.63) is 24.3 Å². The highest BCUT2D eigenvalue weighted by Crippen LogP contribution is 2.24. The second-order valence-corrected chi connectivity index (χ2v) is 8.97. The zero-order chi connectivity index (χ0) is 19.2. The number of sulfone groups is 1. The summed E-state index contributed by atoms with van der Waals surface area (Å²) in [5.74, 6) is -1.10. The Morgan fingerprint density at radius 3 is 2.54 bits per heavy atom. The summed E-state index contributed by atoms with van der Waals surface area (Å²) < 4.78 is 55.7. The van der Waals surface area contributed by atoms with E-state index in [1.807, 2.05) is 0 Å². The minimum atomic E-state index is -3.00. The molecule has 0 saturated carbocycles. The highest BCUT2D eigenvalue weighted by Gasteiger charge is 2.28. The van der Waals surface area contributed by atoms with E-state index in [0.717, 1.165) is 0 Å². The van der Waals surface area contributed by atoms with Gasteiger partial charge in [-0.25, -0.2) is 8.42 Å². The number of amides is 1. The second kappa shape index (κ2) is 9.17. The monoisotopic (exact) mass is 409 g/mol. The summed E-state index contributed by atoms with van der Waals surface area (Å²) in [6, 6.07) is 5.27. The number of thioether (sulfide) groups is 1. The van der Waals surface area contributed by atoms with E-state index in [1.165, 1.54) is 36.0 Å². The lowest BCUT2D eigenvalue weighted by Gasteiger charge is -2.09. The summed E-state index contributed by atoms with van der Waals surface area (Å²) in [6.45, 7) is -3.44. The number of benzene rings is 1. The van der Waals surface area contributed by atoms with Gasteiger partial charge in [-0.3, -0.25) is 9.59 Å². The first kappa shape index (κ1) is 20.4. The molecule has 11 heteroatoms. The quantitative estimate of drug-likeness (QED) is 0.653. The second-order valence-electron chi connectivity index (χ2n) is 5.45. The topological polar surface area (TPSA) is 98.8 Å². The van der Waals surface area contributed by atoms with Gasteiger partial charge in [0.25, 0.3) is 5.91 Å². The molecule has 2 rings (SSSR count). The normalized spacial score (nSPS) is 18.5. The Kier molecular flexibility index (Phi) is 7.21. The van der Waals surface area contributed by atoms with Gasteiger partial charge in [-0.2, -0.15) is 8.78 Å². The molecule has 7 nitrogen and oxygen atoms in total. The number of ether oxygens (including phenoxy) is 2. The molecule has 0 bridgehead atoms. The van der Waals surface area contributed by atoms with Gasteiger partial charge in [0.2, 0.25) is 0 Å². The molecular formula is C15H17F2NO6S2. The highest BCUT2D eigenvalue weighted by molar-refractivity contribution is 8.02. The number of esters is 1. The number of alkyl halides is 2. The molecule has 0 unspecified atom stereocenters. The van der Waals surface area contributed by atoms with Crippen molar-refractivity contribution >= 4 is 39.2 Å². The maximum absolute atomic E-state index is 12.0. The minimum absolute atomic E-state index is 0.0346. The lowest BCUT2D eigenvalue weighted by atomic mass is 10.3. The first-order valence-corrected chi connectivity index (χ1v) is 10.4. The number of anilines is 1. The summed E-state index contributed by atoms with van der Waals surface area (Å²) >= 11 is 1.20. The number of halogens is 2. The van der Waals surface area contributed by atoms with Gasteiger partial charge in [0.15, 0.2) is 16.4 Å². The molecule has 144 valence electrons. The van der Waals surface area contributed by atoms with Crippen molar-refractivity contribution in [2.75, 3.05) is 29.2 Å². The van der Waals surface area contributed by atoms with Crippen LogP contribution < -0.4 is 10.1 Å². The zero-order valence-corrected chi connectivity index (χ0v) is 15.2. The van der Waals surface area contributed by atoms with Crippen molar-refractivity contribution < 1.29 is 36.3 Å². The maximum atomic E-state index is 12.0. The van der Waals surface area contributed by atoms with Gasteiger partial charge in [0.1, 0.15) is 5.75 Å². The smallest absolute Gasteiger partial charge is 0.387 e. The van der Waals surface area contributed by atoms with E-state index >= 15 is 0 Å². The molecule has 1 saturated heterocycles. The third kappa shape index (κ3) is 7.16. The molecule has 1 aromatic carbocycles. The number of hydrogen-bond donors (Lipinski definition) is 1. The van der Waals surface area contributed by atoms with Crippen LogP contribution in [-0.4, -0.2) is 56.0 Å². The van der Waals surface area contributed by atoms with Crippen LogP contribution in [0.15, 0.2) is 24.3 Å². The van der Waals surface area contributed by atoms with Crippen molar-refractivity contribution in [3.8, 4) is 5.75 Å². The molecule has 1 aromatic rings. The van der Waals surface area contributed by atoms with Crippen LogP contribution in [0.3, 0.4) is 0 Å². The predicted octanol–water partition coefficient (Wildman–Crippen LogP) is 1.69. The standard InChI is InChI=1S/C15H17F2NO6S2/c16-15(17)24-11-3-1-10(2-4-11)18-13(19)7-23-14(20)8-25-12-5-6-26(21,22)9-12/h1-4,12,15H,5-9H2,(H,18,19)/t12-/m0/s1. The van der Waals surface area contributed by atoms with E-state index in [4.69, 9.17) is 4.74 Å². The number of nitrogens with one attached hydrogen (secondary N) is 1. The third-order valence-electron chi connectivity index (χ3n) is 3.36. The fourth-order valence-electron chi connectivity index (χ4n) is 2.18. The first-order valence-electron chi connectivity index (χ1n) is 7.56. The van der Waals surface area contributed by atoms with Crippen LogP contribution in [0.4, 0.5) is 14.5 Å². The summed E-state index contributed by atoms with van der Waals surface area (Å²) in [6.07, 6.45) is 0.506. The average Bonchev–Trinajstić information content (AvgIpc) is 2.91. The molecule has 0 aromatic heterocycles. The van der Waals surface area contributed by atoms with Gasteiger partial charge in [-0.1, -0.05) is 0 Å². The summed E-state index contributed by atoms with van der Waals surface area (Å²) in [7, 11) is -3.00. The lowest BCUT2D eigenvalue weighted by molar-refractivity contribution is -0.144. The van der Waals surface area contributed by atoms with Gasteiger partial charge < -0.3 is 14.8 Å². The van der Waals surface area contributed by atoms with Crippen molar-refractivity contribution in [3.63, 3.8) is 0 Å². The first-order chi connectivity index (χ1) is 12.2. The number of hydrogen-bond acceptors (Lipinski definition) is 7. The number of rotatable bonds is 8. The molecule has 0 radical (unpaired) electrons. The van der Waals surface area contributed by atoms with Crippen LogP contribution in [0.1, 0.15) is 6.42 Å². The Hall–Kier alpha value is -1.88.